The zero-order chi connectivity index (χ0) is 14.9. The van der Waals surface area contributed by atoms with Crippen molar-refractivity contribution in [3.05, 3.63) is 23.3 Å². The van der Waals surface area contributed by atoms with Gasteiger partial charge in [0.05, 0.1) is 20.3 Å². The van der Waals surface area contributed by atoms with E-state index in [9.17, 15) is 8.42 Å². The van der Waals surface area contributed by atoms with Gasteiger partial charge in [-0.3, -0.25) is 0 Å². The van der Waals surface area contributed by atoms with E-state index in [4.69, 9.17) is 9.47 Å². The number of aryl methyl sites for hydroxylation is 2. The Kier molecular flexibility index (Phi) is 4.36. The van der Waals surface area contributed by atoms with E-state index in [1.165, 1.54) is 11.4 Å². The van der Waals surface area contributed by atoms with Crippen molar-refractivity contribution < 1.29 is 17.9 Å². The van der Waals surface area contributed by atoms with Gasteiger partial charge in [0, 0.05) is 12.6 Å². The van der Waals surface area contributed by atoms with Crippen molar-refractivity contribution in [2.75, 3.05) is 26.9 Å². The number of sulfonamides is 1. The molecule has 6 heteroatoms. The van der Waals surface area contributed by atoms with Crippen molar-refractivity contribution in [3.8, 4) is 5.75 Å². The largest absolute Gasteiger partial charge is 0.495 e. The van der Waals surface area contributed by atoms with Crippen LogP contribution in [0.1, 0.15) is 18.1 Å². The van der Waals surface area contributed by atoms with Crippen LogP contribution in [0.5, 0.6) is 5.75 Å². The lowest BCUT2D eigenvalue weighted by atomic mass is 10.1. The molecule has 1 heterocycles. The smallest absolute Gasteiger partial charge is 0.247 e. The number of benzene rings is 1. The Morgan fingerprint density at radius 3 is 2.55 bits per heavy atom. The highest BCUT2D eigenvalue weighted by Gasteiger charge is 2.33. The molecule has 112 valence electrons. The number of rotatable bonds is 3. The third-order valence-electron chi connectivity index (χ3n) is 3.67. The quantitative estimate of drug-likeness (QED) is 0.853. The van der Waals surface area contributed by atoms with E-state index < -0.39 is 10.0 Å². The normalized spacial score (nSPS) is 20.9. The van der Waals surface area contributed by atoms with Gasteiger partial charge in [0.2, 0.25) is 10.0 Å². The Bertz CT molecular complexity index is 597. The summed E-state index contributed by atoms with van der Waals surface area (Å²) in [4.78, 5) is 0.233. The lowest BCUT2D eigenvalue weighted by Crippen LogP contribution is -2.47. The first-order valence-corrected chi connectivity index (χ1v) is 8.06. The fourth-order valence-corrected chi connectivity index (χ4v) is 4.14. The van der Waals surface area contributed by atoms with E-state index in [0.29, 0.717) is 25.5 Å². The summed E-state index contributed by atoms with van der Waals surface area (Å²) < 4.78 is 37.7. The summed E-state index contributed by atoms with van der Waals surface area (Å²) in [6.07, 6.45) is 0. The van der Waals surface area contributed by atoms with Gasteiger partial charge in [0.1, 0.15) is 10.6 Å². The summed E-state index contributed by atoms with van der Waals surface area (Å²) in [6.45, 7) is 6.91. The van der Waals surface area contributed by atoms with E-state index in [1.54, 1.807) is 12.1 Å². The van der Waals surface area contributed by atoms with Crippen LogP contribution in [0, 0.1) is 13.8 Å². The molecule has 0 aromatic heterocycles. The van der Waals surface area contributed by atoms with Crippen LogP contribution >= 0.6 is 0 Å². The van der Waals surface area contributed by atoms with Gasteiger partial charge >= 0.3 is 0 Å². The van der Waals surface area contributed by atoms with E-state index in [-0.39, 0.29) is 10.9 Å². The molecular weight excluding hydrogens is 278 g/mol. The molecule has 0 N–H and O–H groups in total. The molecule has 0 spiro atoms. The predicted octanol–water partition coefficient (Wildman–Crippen LogP) is 1.72. The molecule has 1 aliphatic heterocycles. The van der Waals surface area contributed by atoms with Gasteiger partial charge in [-0.05, 0) is 44.0 Å². The number of nitrogens with zero attached hydrogens (tertiary/aromatic N) is 1. The van der Waals surface area contributed by atoms with Crippen molar-refractivity contribution in [1.29, 1.82) is 0 Å². The first-order valence-electron chi connectivity index (χ1n) is 6.62. The second-order valence-electron chi connectivity index (χ2n) is 5.13. The maximum absolute atomic E-state index is 12.8. The minimum Gasteiger partial charge on any atom is -0.495 e. The van der Waals surface area contributed by atoms with Gasteiger partial charge in [-0.25, -0.2) is 8.42 Å². The summed E-state index contributed by atoms with van der Waals surface area (Å²) >= 11 is 0. The molecule has 1 unspecified atom stereocenters. The summed E-state index contributed by atoms with van der Waals surface area (Å²) in [5.74, 6) is 0.395. The first kappa shape index (κ1) is 15.3. The van der Waals surface area contributed by atoms with Crippen molar-refractivity contribution in [1.82, 2.24) is 4.31 Å². The van der Waals surface area contributed by atoms with E-state index in [0.717, 1.165) is 11.1 Å². The van der Waals surface area contributed by atoms with Crippen molar-refractivity contribution in [2.24, 2.45) is 0 Å². The van der Waals surface area contributed by atoms with Crippen LogP contribution in [0.25, 0.3) is 0 Å². The fourth-order valence-electron chi connectivity index (χ4n) is 2.32. The molecule has 1 saturated heterocycles. The van der Waals surface area contributed by atoms with E-state index in [1.807, 2.05) is 20.8 Å². The highest BCUT2D eigenvalue weighted by molar-refractivity contribution is 7.89. The minimum atomic E-state index is -3.56. The first-order chi connectivity index (χ1) is 9.37. The standard InChI is InChI=1S/C14H21NO4S/c1-10-7-13(18-4)14(8-11(10)2)20(16,17)15-5-6-19-9-12(15)3/h7-8,12H,5-6,9H2,1-4H3. The monoisotopic (exact) mass is 299 g/mol. The molecule has 0 radical (unpaired) electrons. The Hall–Kier alpha value is -1.11. The van der Waals surface area contributed by atoms with Crippen LogP contribution in [0.15, 0.2) is 17.0 Å². The zero-order valence-electron chi connectivity index (χ0n) is 12.3. The molecule has 1 atom stereocenters. The Balaban J connectivity index is 2.51. The molecule has 0 aliphatic carbocycles. The molecule has 1 fully saturated rings. The van der Waals surface area contributed by atoms with Gasteiger partial charge in [0.15, 0.2) is 0 Å². The highest BCUT2D eigenvalue weighted by Crippen LogP contribution is 2.31. The van der Waals surface area contributed by atoms with Gasteiger partial charge in [0.25, 0.3) is 0 Å². The van der Waals surface area contributed by atoms with Gasteiger partial charge < -0.3 is 9.47 Å². The van der Waals surface area contributed by atoms with Crippen LogP contribution in [0.2, 0.25) is 0 Å². The van der Waals surface area contributed by atoms with Crippen LogP contribution in [-0.2, 0) is 14.8 Å². The number of ether oxygens (including phenoxy) is 2. The van der Waals surface area contributed by atoms with Gasteiger partial charge in [-0.15, -0.1) is 0 Å². The summed E-state index contributed by atoms with van der Waals surface area (Å²) in [5.41, 5.74) is 1.95. The lowest BCUT2D eigenvalue weighted by molar-refractivity contribution is 0.0392. The molecule has 1 aromatic carbocycles. The molecule has 5 nitrogen and oxygen atoms in total. The Morgan fingerprint density at radius 1 is 1.30 bits per heavy atom. The third kappa shape index (κ3) is 2.68. The second-order valence-corrected chi connectivity index (χ2v) is 6.99. The molecule has 0 bridgehead atoms. The van der Waals surface area contributed by atoms with Crippen molar-refractivity contribution in [2.45, 2.75) is 31.7 Å². The average molecular weight is 299 g/mol. The zero-order valence-corrected chi connectivity index (χ0v) is 13.2. The lowest BCUT2D eigenvalue weighted by Gasteiger charge is -2.32. The van der Waals surface area contributed by atoms with E-state index in [2.05, 4.69) is 0 Å². The summed E-state index contributed by atoms with van der Waals surface area (Å²) in [5, 5.41) is 0. The Morgan fingerprint density at radius 2 is 1.95 bits per heavy atom. The average Bonchev–Trinajstić information content (AvgIpc) is 2.41. The molecule has 2 rings (SSSR count). The summed E-state index contributed by atoms with van der Waals surface area (Å²) in [6, 6.07) is 3.29. The summed E-state index contributed by atoms with van der Waals surface area (Å²) in [7, 11) is -2.07. The number of morpholine rings is 1. The number of hydrogen-bond donors (Lipinski definition) is 0. The van der Waals surface area contributed by atoms with E-state index >= 15 is 0 Å². The fraction of sp³-hybridized carbons (Fsp3) is 0.571. The molecule has 1 aromatic rings. The molecule has 0 saturated carbocycles. The van der Waals surface area contributed by atoms with Crippen molar-refractivity contribution >= 4 is 10.0 Å². The van der Waals surface area contributed by atoms with Crippen LogP contribution in [0.3, 0.4) is 0 Å². The maximum Gasteiger partial charge on any atom is 0.247 e. The Labute approximate surface area is 120 Å². The SMILES string of the molecule is COc1cc(C)c(C)cc1S(=O)(=O)N1CCOCC1C. The topological polar surface area (TPSA) is 55.8 Å². The van der Waals surface area contributed by atoms with Crippen LogP contribution in [-0.4, -0.2) is 45.6 Å². The van der Waals surface area contributed by atoms with Gasteiger partial charge in [-0.1, -0.05) is 0 Å². The highest BCUT2D eigenvalue weighted by atomic mass is 32.2. The third-order valence-corrected chi connectivity index (χ3v) is 5.71. The predicted molar refractivity (Wildman–Crippen MR) is 76.6 cm³/mol. The van der Waals surface area contributed by atoms with Gasteiger partial charge in [-0.2, -0.15) is 4.31 Å². The molecule has 20 heavy (non-hydrogen) atoms. The number of methoxy groups -OCH3 is 1. The second kappa shape index (κ2) is 5.71. The number of hydrogen-bond acceptors (Lipinski definition) is 4. The molecular formula is C14H21NO4S. The maximum atomic E-state index is 12.8. The van der Waals surface area contributed by atoms with Crippen LogP contribution < -0.4 is 4.74 Å². The van der Waals surface area contributed by atoms with Crippen molar-refractivity contribution in [3.63, 3.8) is 0 Å². The minimum absolute atomic E-state index is 0.167. The molecule has 0 amide bonds. The van der Waals surface area contributed by atoms with Crippen LogP contribution in [0.4, 0.5) is 0 Å². The molecule has 1 aliphatic rings.